The van der Waals surface area contributed by atoms with E-state index in [1.54, 1.807) is 6.08 Å². The van der Waals surface area contributed by atoms with Gasteiger partial charge in [0.25, 0.3) is 0 Å². The Hall–Kier alpha value is -0.630. The summed E-state index contributed by atoms with van der Waals surface area (Å²) in [6.45, 7) is 2.86. The summed E-state index contributed by atoms with van der Waals surface area (Å²) in [6, 6.07) is 0. The first kappa shape index (κ1) is 7.48. The van der Waals surface area contributed by atoms with Crippen LogP contribution in [0.15, 0.2) is 12.2 Å². The van der Waals surface area contributed by atoms with Crippen LogP contribution in [0.2, 0.25) is 0 Å². The van der Waals surface area contributed by atoms with Crippen LogP contribution in [-0.4, -0.2) is 19.0 Å². The van der Waals surface area contributed by atoms with Gasteiger partial charge in [0.1, 0.15) is 6.29 Å². The van der Waals surface area contributed by atoms with Gasteiger partial charge in [0.15, 0.2) is 0 Å². The van der Waals surface area contributed by atoms with Gasteiger partial charge >= 0.3 is 0 Å². The third-order valence-corrected chi connectivity index (χ3v) is 1.87. The van der Waals surface area contributed by atoms with E-state index in [4.69, 9.17) is 4.74 Å². The van der Waals surface area contributed by atoms with Crippen LogP contribution in [0.5, 0.6) is 0 Å². The van der Waals surface area contributed by atoms with Gasteiger partial charge in [-0.25, -0.2) is 0 Å². The first-order valence-electron chi connectivity index (χ1n) is 3.58. The highest BCUT2D eigenvalue weighted by atomic mass is 16.5. The molecule has 0 aromatic rings. The number of carbonyl (C=O) groups excluding carboxylic acids is 1. The van der Waals surface area contributed by atoms with Crippen molar-refractivity contribution in [3.8, 4) is 0 Å². The molecule has 2 heteroatoms. The van der Waals surface area contributed by atoms with Gasteiger partial charge in [-0.1, -0.05) is 6.08 Å². The number of allylic oxidation sites excluding steroid dienone is 1. The van der Waals surface area contributed by atoms with E-state index in [0.717, 1.165) is 19.3 Å². The minimum Gasteiger partial charge on any atom is -0.378 e. The lowest BCUT2D eigenvalue weighted by Gasteiger charge is -2.06. The van der Waals surface area contributed by atoms with Crippen LogP contribution >= 0.6 is 0 Å². The molecule has 0 radical (unpaired) electrons. The van der Waals surface area contributed by atoms with E-state index in [-0.39, 0.29) is 6.10 Å². The van der Waals surface area contributed by atoms with Gasteiger partial charge in [-0.3, -0.25) is 4.79 Å². The summed E-state index contributed by atoms with van der Waals surface area (Å²) in [5, 5.41) is 0. The van der Waals surface area contributed by atoms with Crippen molar-refractivity contribution in [2.45, 2.75) is 19.4 Å². The van der Waals surface area contributed by atoms with E-state index in [1.165, 1.54) is 0 Å². The third-order valence-electron chi connectivity index (χ3n) is 1.87. The van der Waals surface area contributed by atoms with Gasteiger partial charge < -0.3 is 4.74 Å². The number of aldehydes is 1. The maximum atomic E-state index is 9.94. The Kier molecular flexibility index (Phi) is 2.63. The average molecular weight is 140 g/mol. The molecule has 56 valence electrons. The van der Waals surface area contributed by atoms with Crippen molar-refractivity contribution in [1.29, 1.82) is 0 Å². The average Bonchev–Trinajstić information content (AvgIpc) is 2.31. The lowest BCUT2D eigenvalue weighted by molar-refractivity contribution is -0.104. The molecule has 1 aliphatic rings. The molecule has 1 aliphatic heterocycles. The number of hydrogen-bond acceptors (Lipinski definition) is 2. The lowest BCUT2D eigenvalue weighted by atomic mass is 10.0. The zero-order chi connectivity index (χ0) is 7.40. The second-order valence-corrected chi connectivity index (χ2v) is 2.55. The molecule has 1 saturated heterocycles. The predicted molar refractivity (Wildman–Crippen MR) is 38.7 cm³/mol. The normalized spacial score (nSPS) is 33.3. The molecule has 0 N–H and O–H groups in total. The molecule has 10 heavy (non-hydrogen) atoms. The Balaban J connectivity index is 2.39. The largest absolute Gasteiger partial charge is 0.378 e. The van der Waals surface area contributed by atoms with Crippen molar-refractivity contribution < 1.29 is 9.53 Å². The Morgan fingerprint density at radius 3 is 2.90 bits per heavy atom. The van der Waals surface area contributed by atoms with E-state index in [2.05, 4.69) is 0 Å². The van der Waals surface area contributed by atoms with Crippen LogP contribution in [0, 0.1) is 5.92 Å². The van der Waals surface area contributed by atoms with Crippen LogP contribution < -0.4 is 0 Å². The second-order valence-electron chi connectivity index (χ2n) is 2.55. The summed E-state index contributed by atoms with van der Waals surface area (Å²) < 4.78 is 5.30. The third kappa shape index (κ3) is 1.67. The van der Waals surface area contributed by atoms with Crippen molar-refractivity contribution in [2.24, 2.45) is 5.92 Å². The van der Waals surface area contributed by atoms with Gasteiger partial charge in [-0.2, -0.15) is 0 Å². The van der Waals surface area contributed by atoms with E-state index < -0.39 is 0 Å². The molecule has 2 atom stereocenters. The van der Waals surface area contributed by atoms with E-state index in [9.17, 15) is 4.79 Å². The van der Waals surface area contributed by atoms with Crippen molar-refractivity contribution in [2.75, 3.05) is 6.61 Å². The molecule has 0 aliphatic carbocycles. The maximum absolute atomic E-state index is 9.94. The minimum atomic E-state index is 0.288. The monoisotopic (exact) mass is 140 g/mol. The fraction of sp³-hybridized carbons (Fsp3) is 0.625. The summed E-state index contributed by atoms with van der Waals surface area (Å²) in [5.41, 5.74) is 0. The van der Waals surface area contributed by atoms with Crippen LogP contribution in [0.25, 0.3) is 0 Å². The number of carbonyl (C=O) groups is 1. The zero-order valence-corrected chi connectivity index (χ0v) is 6.12. The molecule has 2 unspecified atom stereocenters. The van der Waals surface area contributed by atoms with Crippen LogP contribution in [0.3, 0.4) is 0 Å². The van der Waals surface area contributed by atoms with Crippen molar-refractivity contribution >= 4 is 6.29 Å². The summed E-state index contributed by atoms with van der Waals surface area (Å²) >= 11 is 0. The molecule has 0 amide bonds. The van der Waals surface area contributed by atoms with E-state index >= 15 is 0 Å². The van der Waals surface area contributed by atoms with Gasteiger partial charge in [0.05, 0.1) is 6.10 Å². The molecule has 2 nitrogen and oxygen atoms in total. The summed E-state index contributed by atoms with van der Waals surface area (Å²) in [7, 11) is 0. The number of hydrogen-bond donors (Lipinski definition) is 0. The lowest BCUT2D eigenvalue weighted by Crippen LogP contribution is -2.07. The SMILES string of the molecule is CC1OCCC1/C=C/C=O. The molecule has 0 bridgehead atoms. The van der Waals surface area contributed by atoms with Crippen molar-refractivity contribution in [3.05, 3.63) is 12.2 Å². The van der Waals surface area contributed by atoms with E-state index in [1.807, 2.05) is 13.0 Å². The molecule has 1 fully saturated rings. The first-order valence-corrected chi connectivity index (χ1v) is 3.58. The van der Waals surface area contributed by atoms with E-state index in [0.29, 0.717) is 5.92 Å². The molecule has 1 rings (SSSR count). The smallest absolute Gasteiger partial charge is 0.142 e. The topological polar surface area (TPSA) is 26.3 Å². The zero-order valence-electron chi connectivity index (χ0n) is 6.12. The molecule has 0 aromatic heterocycles. The Morgan fingerprint density at radius 1 is 1.60 bits per heavy atom. The highest BCUT2D eigenvalue weighted by molar-refractivity contribution is 5.64. The Labute approximate surface area is 60.9 Å². The molecular formula is C8H12O2. The first-order chi connectivity index (χ1) is 4.84. The standard InChI is InChI=1S/C8H12O2/c1-7-8(3-2-5-9)4-6-10-7/h2-3,5,7-8H,4,6H2,1H3/b3-2+. The molecule has 0 saturated carbocycles. The molecule has 0 spiro atoms. The van der Waals surface area contributed by atoms with Crippen molar-refractivity contribution in [1.82, 2.24) is 0 Å². The highest BCUT2D eigenvalue weighted by Crippen LogP contribution is 2.20. The number of ether oxygens (including phenoxy) is 1. The van der Waals surface area contributed by atoms with Crippen LogP contribution in [0.1, 0.15) is 13.3 Å². The minimum absolute atomic E-state index is 0.288. The summed E-state index contributed by atoms with van der Waals surface area (Å²) in [4.78, 5) is 9.94. The molecular weight excluding hydrogens is 128 g/mol. The fourth-order valence-electron chi connectivity index (χ4n) is 1.19. The number of rotatable bonds is 2. The summed E-state index contributed by atoms with van der Waals surface area (Å²) in [6.07, 6.45) is 5.62. The maximum Gasteiger partial charge on any atom is 0.142 e. The van der Waals surface area contributed by atoms with Gasteiger partial charge in [0.2, 0.25) is 0 Å². The Morgan fingerprint density at radius 2 is 2.40 bits per heavy atom. The quantitative estimate of drug-likeness (QED) is 0.425. The second kappa shape index (κ2) is 3.52. The fourth-order valence-corrected chi connectivity index (χ4v) is 1.19. The van der Waals surface area contributed by atoms with Crippen molar-refractivity contribution in [3.63, 3.8) is 0 Å². The van der Waals surface area contributed by atoms with Crippen LogP contribution in [0.4, 0.5) is 0 Å². The summed E-state index contributed by atoms with van der Waals surface area (Å²) in [5.74, 6) is 0.449. The molecule has 0 aromatic carbocycles. The van der Waals surface area contributed by atoms with Gasteiger partial charge in [-0.05, 0) is 19.4 Å². The highest BCUT2D eigenvalue weighted by Gasteiger charge is 2.20. The van der Waals surface area contributed by atoms with Gasteiger partial charge in [-0.15, -0.1) is 0 Å². The predicted octanol–water partition coefficient (Wildman–Crippen LogP) is 1.17. The molecule has 1 heterocycles. The Bertz CT molecular complexity index is 140. The van der Waals surface area contributed by atoms with Gasteiger partial charge in [0, 0.05) is 12.5 Å². The van der Waals surface area contributed by atoms with Crippen LogP contribution in [-0.2, 0) is 9.53 Å².